The summed E-state index contributed by atoms with van der Waals surface area (Å²) in [5, 5.41) is 23.3. The molecule has 9 rings (SSSR count). The Bertz CT molecular complexity index is 1270. The van der Waals surface area contributed by atoms with Crippen LogP contribution in [-0.2, 0) is 22.2 Å². The molecule has 7 atom stereocenters. The maximum Gasteiger partial charge on any atom is 0.165 e. The van der Waals surface area contributed by atoms with Crippen LogP contribution in [0.1, 0.15) is 61.5 Å². The number of phenolic OH excluding ortho intramolecular Hbond substituents is 1. The zero-order valence-corrected chi connectivity index (χ0v) is 22.5. The highest BCUT2D eigenvalue weighted by atomic mass is 35.5. The van der Waals surface area contributed by atoms with Crippen molar-refractivity contribution in [2.45, 2.75) is 80.6 Å². The molecule has 4 saturated carbocycles. The summed E-state index contributed by atoms with van der Waals surface area (Å²) in [7, 11) is 1.80. The third-order valence-electron chi connectivity index (χ3n) is 11.4. The second kappa shape index (κ2) is 7.01. The molecular weight excluding hydrogens is 494 g/mol. The Kier molecular flexibility index (Phi) is 4.41. The number of halogens is 1. The lowest BCUT2D eigenvalue weighted by atomic mass is 9.33. The molecule has 2 unspecified atom stereocenters. The van der Waals surface area contributed by atoms with E-state index < -0.39 is 11.2 Å². The van der Waals surface area contributed by atoms with Gasteiger partial charge in [0.05, 0.1) is 4.34 Å². The molecule has 5 aliphatic carbocycles. The van der Waals surface area contributed by atoms with Gasteiger partial charge in [-0.3, -0.25) is 4.90 Å². The van der Waals surface area contributed by atoms with E-state index in [1.165, 1.54) is 41.9 Å². The number of thiophene rings is 1. The molecule has 4 bridgehead atoms. The molecule has 3 heterocycles. The second-order valence-corrected chi connectivity index (χ2v) is 14.4. The summed E-state index contributed by atoms with van der Waals surface area (Å²) in [4.78, 5) is 3.69. The van der Waals surface area contributed by atoms with E-state index in [1.54, 1.807) is 7.11 Å². The van der Waals surface area contributed by atoms with Gasteiger partial charge in [0.15, 0.2) is 11.5 Å². The molecule has 7 heteroatoms. The number of aliphatic hydroxyl groups is 1. The van der Waals surface area contributed by atoms with Crippen LogP contribution in [0.25, 0.3) is 0 Å². The SMILES string of the molecule is CO[C@]12CCC3(C[C@@H]1[C@](C)(O)c1ccc(Cl)s1)C1Cc4ccc(O)c5c4[C@@]3(CCN1CC1CC1)[C@@H]2O5. The van der Waals surface area contributed by atoms with Crippen molar-refractivity contribution in [1.82, 2.24) is 4.90 Å². The summed E-state index contributed by atoms with van der Waals surface area (Å²) in [5.74, 6) is 1.61. The van der Waals surface area contributed by atoms with Gasteiger partial charge >= 0.3 is 0 Å². The largest absolute Gasteiger partial charge is 0.504 e. The van der Waals surface area contributed by atoms with Gasteiger partial charge in [-0.1, -0.05) is 17.7 Å². The number of ether oxygens (including phenoxy) is 2. The lowest BCUT2D eigenvalue weighted by molar-refractivity contribution is -0.303. The Morgan fingerprint density at radius 3 is 2.78 bits per heavy atom. The van der Waals surface area contributed by atoms with Crippen molar-refractivity contribution in [2.24, 2.45) is 17.3 Å². The summed E-state index contributed by atoms with van der Waals surface area (Å²) in [6.45, 7) is 4.21. The minimum Gasteiger partial charge on any atom is -0.504 e. The fourth-order valence-electron chi connectivity index (χ4n) is 9.82. The number of hydrogen-bond donors (Lipinski definition) is 2. The van der Waals surface area contributed by atoms with E-state index in [1.807, 2.05) is 25.1 Å². The first-order valence-electron chi connectivity index (χ1n) is 13.6. The van der Waals surface area contributed by atoms with Gasteiger partial charge in [0.25, 0.3) is 0 Å². The molecule has 2 aromatic rings. The van der Waals surface area contributed by atoms with Crippen molar-refractivity contribution in [3.05, 3.63) is 44.6 Å². The van der Waals surface area contributed by atoms with Crippen LogP contribution >= 0.6 is 22.9 Å². The molecule has 2 N–H and O–H groups in total. The lowest BCUT2D eigenvalue weighted by Gasteiger charge is -2.75. The molecule has 1 aromatic carbocycles. The van der Waals surface area contributed by atoms with Gasteiger partial charge in [-0.2, -0.15) is 0 Å². The average Bonchev–Trinajstić information content (AvgIpc) is 3.44. The summed E-state index contributed by atoms with van der Waals surface area (Å²) in [6.07, 6.45) is 7.31. The molecule has 5 nitrogen and oxygen atoms in total. The highest BCUT2D eigenvalue weighted by molar-refractivity contribution is 7.16. The molecule has 0 radical (unpaired) electrons. The molecule has 7 aliphatic rings. The average molecular weight is 528 g/mol. The molecule has 192 valence electrons. The Balaban J connectivity index is 1.36. The van der Waals surface area contributed by atoms with E-state index in [4.69, 9.17) is 21.1 Å². The third kappa shape index (κ3) is 2.45. The Labute approximate surface area is 221 Å². The van der Waals surface area contributed by atoms with Crippen LogP contribution < -0.4 is 4.74 Å². The smallest absolute Gasteiger partial charge is 0.165 e. The highest BCUT2D eigenvalue weighted by Gasteiger charge is 2.82. The van der Waals surface area contributed by atoms with Gasteiger partial charge < -0.3 is 19.7 Å². The number of rotatable bonds is 5. The van der Waals surface area contributed by atoms with Crippen LogP contribution in [-0.4, -0.2) is 53.1 Å². The molecule has 5 fully saturated rings. The summed E-state index contributed by atoms with van der Waals surface area (Å²) in [6, 6.07) is 8.24. The van der Waals surface area contributed by atoms with Gasteiger partial charge in [0, 0.05) is 46.9 Å². The number of likely N-dealkylation sites (tertiary alicyclic amines) is 1. The number of methoxy groups -OCH3 is 1. The van der Waals surface area contributed by atoms with E-state index >= 15 is 0 Å². The summed E-state index contributed by atoms with van der Waals surface area (Å²) >= 11 is 7.81. The van der Waals surface area contributed by atoms with E-state index in [9.17, 15) is 10.2 Å². The van der Waals surface area contributed by atoms with Gasteiger partial charge in [-0.15, -0.1) is 11.3 Å². The molecule has 36 heavy (non-hydrogen) atoms. The maximum atomic E-state index is 12.3. The zero-order chi connectivity index (χ0) is 24.7. The second-order valence-electron chi connectivity index (χ2n) is 12.6. The predicted molar refractivity (Wildman–Crippen MR) is 139 cm³/mol. The summed E-state index contributed by atoms with van der Waals surface area (Å²) in [5.41, 5.74) is 0.645. The van der Waals surface area contributed by atoms with Crippen LogP contribution in [0.2, 0.25) is 4.34 Å². The molecule has 2 spiro atoms. The van der Waals surface area contributed by atoms with E-state index in [0.29, 0.717) is 16.1 Å². The van der Waals surface area contributed by atoms with Crippen molar-refractivity contribution < 1.29 is 19.7 Å². The highest BCUT2D eigenvalue weighted by Crippen LogP contribution is 2.78. The standard InChI is InChI=1S/C29H34ClNO4S/c1-26(33,21-7-8-22(30)36-21)19-14-27-9-10-29(19,34-2)25-28(27)11-12-31(15-16-3-4-16)20(27)13-17-5-6-18(32)24(35-25)23(17)28/h5-8,16,19-20,25,32-33H,3-4,9-15H2,1-2H3/t19-,20?,25+,26+,27?,28+,29-/m1/s1. The van der Waals surface area contributed by atoms with Crippen molar-refractivity contribution in [1.29, 1.82) is 0 Å². The van der Waals surface area contributed by atoms with E-state index in [-0.39, 0.29) is 28.6 Å². The van der Waals surface area contributed by atoms with Gasteiger partial charge in [0.1, 0.15) is 17.3 Å². The topological polar surface area (TPSA) is 62.2 Å². The van der Waals surface area contributed by atoms with E-state index in [2.05, 4.69) is 11.0 Å². The van der Waals surface area contributed by atoms with Crippen LogP contribution in [0.5, 0.6) is 11.5 Å². The minimum absolute atomic E-state index is 0.0210. The summed E-state index contributed by atoms with van der Waals surface area (Å²) < 4.78 is 14.2. The van der Waals surface area contributed by atoms with E-state index in [0.717, 1.165) is 49.4 Å². The normalized spacial score (nSPS) is 41.6. The first-order chi connectivity index (χ1) is 17.3. The fraction of sp³-hybridized carbons (Fsp3) is 0.655. The van der Waals surface area contributed by atoms with Crippen LogP contribution in [0, 0.1) is 17.3 Å². The number of aromatic hydroxyl groups is 1. The Morgan fingerprint density at radius 2 is 2.06 bits per heavy atom. The van der Waals surface area contributed by atoms with Crippen LogP contribution in [0.3, 0.4) is 0 Å². The first-order valence-corrected chi connectivity index (χ1v) is 14.8. The number of fused-ring (bicyclic) bond motifs is 2. The van der Waals surface area contributed by atoms with Crippen LogP contribution in [0.15, 0.2) is 24.3 Å². The predicted octanol–water partition coefficient (Wildman–Crippen LogP) is 5.24. The number of benzene rings is 1. The number of hydrogen-bond acceptors (Lipinski definition) is 6. The van der Waals surface area contributed by atoms with Crippen molar-refractivity contribution >= 4 is 22.9 Å². The number of piperidine rings is 1. The molecule has 1 aromatic heterocycles. The first kappa shape index (κ1) is 22.7. The third-order valence-corrected chi connectivity index (χ3v) is 12.9. The number of nitrogens with zero attached hydrogens (tertiary/aromatic N) is 1. The zero-order valence-electron chi connectivity index (χ0n) is 20.9. The van der Waals surface area contributed by atoms with Gasteiger partial charge in [-0.25, -0.2) is 0 Å². The Hall–Kier alpha value is -1.31. The minimum atomic E-state index is -1.10. The fourth-order valence-corrected chi connectivity index (χ4v) is 11.0. The van der Waals surface area contributed by atoms with Crippen molar-refractivity contribution in [3.8, 4) is 11.5 Å². The van der Waals surface area contributed by atoms with Crippen molar-refractivity contribution in [3.63, 3.8) is 0 Å². The molecule has 1 saturated heterocycles. The molecule has 2 aliphatic heterocycles. The van der Waals surface area contributed by atoms with Gasteiger partial charge in [-0.05, 0) is 88.1 Å². The quantitative estimate of drug-likeness (QED) is 0.557. The van der Waals surface area contributed by atoms with Crippen LogP contribution in [0.4, 0.5) is 0 Å². The monoisotopic (exact) mass is 527 g/mol. The Morgan fingerprint density at radius 1 is 1.22 bits per heavy atom. The lowest BCUT2D eigenvalue weighted by Crippen LogP contribution is -2.82. The number of phenols is 1. The molecular formula is C29H34ClNO4S. The maximum absolute atomic E-state index is 12.3. The van der Waals surface area contributed by atoms with Crippen molar-refractivity contribution in [2.75, 3.05) is 20.2 Å². The molecule has 0 amide bonds. The van der Waals surface area contributed by atoms with Gasteiger partial charge in [0.2, 0.25) is 0 Å².